The number of nitrogens with one attached hydrogen (secondary N) is 1. The number of carbonyl (C=O) groups excluding carboxylic acids is 3. The molecule has 3 aromatic carbocycles. The van der Waals surface area contributed by atoms with Gasteiger partial charge in [-0.2, -0.15) is 0 Å². The second-order valence-electron chi connectivity index (χ2n) is 11.0. The fraction of sp³-hybridized carbons (Fsp3) is 0.364. The maximum absolute atomic E-state index is 14.3. The molecule has 0 radical (unpaired) electrons. The van der Waals surface area contributed by atoms with Gasteiger partial charge in [-0.25, -0.2) is 0 Å². The number of carbonyl (C=O) groups is 3. The summed E-state index contributed by atoms with van der Waals surface area (Å²) in [6, 6.07) is 30.2. The van der Waals surface area contributed by atoms with Crippen LogP contribution in [0.3, 0.4) is 0 Å². The van der Waals surface area contributed by atoms with Gasteiger partial charge in [0.2, 0.25) is 11.8 Å². The number of nitrogens with zero attached hydrogens (tertiary/aromatic N) is 2. The van der Waals surface area contributed by atoms with Gasteiger partial charge in [0, 0.05) is 26.1 Å². The van der Waals surface area contributed by atoms with Crippen LogP contribution in [-0.2, 0) is 19.9 Å². The average molecular weight is 524 g/mol. The van der Waals surface area contributed by atoms with Crippen LogP contribution in [0.5, 0.6) is 0 Å². The molecule has 6 heteroatoms. The minimum atomic E-state index is -0.665. The smallest absolute Gasteiger partial charge is 0.241 e. The van der Waals surface area contributed by atoms with Crippen molar-refractivity contribution in [3.05, 3.63) is 108 Å². The van der Waals surface area contributed by atoms with Crippen LogP contribution in [0.4, 0.5) is 0 Å². The first-order valence-corrected chi connectivity index (χ1v) is 13.9. The van der Waals surface area contributed by atoms with Crippen LogP contribution < -0.4 is 5.32 Å². The predicted octanol–water partition coefficient (Wildman–Crippen LogP) is 4.10. The molecular weight excluding hydrogens is 486 g/mol. The highest BCUT2D eigenvalue weighted by Gasteiger charge is 2.58. The highest BCUT2D eigenvalue weighted by molar-refractivity contribution is 5.88. The highest BCUT2D eigenvalue weighted by atomic mass is 16.2. The number of hydrogen-bond acceptors (Lipinski definition) is 4. The molecule has 202 valence electrons. The lowest BCUT2D eigenvalue weighted by molar-refractivity contribution is -0.136. The summed E-state index contributed by atoms with van der Waals surface area (Å²) in [5, 5.41) is 2.75. The fourth-order valence-corrected chi connectivity index (χ4v) is 6.60. The van der Waals surface area contributed by atoms with Gasteiger partial charge in [-0.05, 0) is 29.0 Å². The molecular formula is C33H37N3O3. The first kappa shape index (κ1) is 26.8. The van der Waals surface area contributed by atoms with E-state index < -0.39 is 23.4 Å². The second kappa shape index (κ2) is 11.1. The number of benzene rings is 3. The molecule has 0 bridgehead atoms. The van der Waals surface area contributed by atoms with Crippen molar-refractivity contribution in [1.82, 2.24) is 15.1 Å². The normalized spacial score (nSPS) is 23.3. The molecule has 2 saturated heterocycles. The van der Waals surface area contributed by atoms with Gasteiger partial charge in [-0.15, -0.1) is 0 Å². The van der Waals surface area contributed by atoms with Crippen molar-refractivity contribution in [3.8, 4) is 0 Å². The van der Waals surface area contributed by atoms with Gasteiger partial charge in [0.1, 0.15) is 12.3 Å². The van der Waals surface area contributed by atoms with E-state index >= 15 is 0 Å². The predicted molar refractivity (Wildman–Crippen MR) is 152 cm³/mol. The molecule has 0 saturated carbocycles. The van der Waals surface area contributed by atoms with Crippen molar-refractivity contribution in [1.29, 1.82) is 0 Å². The lowest BCUT2D eigenvalue weighted by Crippen LogP contribution is -2.50. The molecule has 2 fully saturated rings. The van der Waals surface area contributed by atoms with Crippen LogP contribution in [0, 0.1) is 17.8 Å². The van der Waals surface area contributed by atoms with Gasteiger partial charge >= 0.3 is 0 Å². The molecule has 5 rings (SSSR count). The summed E-state index contributed by atoms with van der Waals surface area (Å²) in [6.07, 6.45) is 1.49. The van der Waals surface area contributed by atoms with Crippen molar-refractivity contribution in [2.45, 2.75) is 37.9 Å². The van der Waals surface area contributed by atoms with Gasteiger partial charge in [-0.3, -0.25) is 14.5 Å². The summed E-state index contributed by atoms with van der Waals surface area (Å²) in [5.41, 5.74) is 2.60. The fourth-order valence-electron chi connectivity index (χ4n) is 6.60. The molecule has 0 spiro atoms. The minimum absolute atomic E-state index is 0.00827. The molecule has 1 N–H and O–H groups in total. The van der Waals surface area contributed by atoms with E-state index in [1.54, 1.807) is 7.05 Å². The quantitative estimate of drug-likeness (QED) is 0.261. The number of aldehydes is 1. The zero-order chi connectivity index (χ0) is 27.6. The minimum Gasteiger partial charge on any atom is -0.359 e. The molecule has 2 amide bonds. The zero-order valence-electron chi connectivity index (χ0n) is 22.9. The Kier molecular flexibility index (Phi) is 7.67. The third kappa shape index (κ3) is 4.67. The van der Waals surface area contributed by atoms with Gasteiger partial charge in [0.25, 0.3) is 0 Å². The molecule has 5 unspecified atom stereocenters. The standard InChI is InChI=1S/C33H37N3O3/c1-23(2)28(22-37)30-27(31(38)34-3)19-20-35(30)32(39)29-21-36(29)33(24-13-7-4-8-14-24,25-15-9-5-10-16-25)26-17-11-6-12-18-26/h4-18,22-23,27-30H,19-21H2,1-3H3,(H,34,38). The van der Waals surface area contributed by atoms with Crippen LogP contribution in [-0.4, -0.2) is 60.1 Å². The molecule has 6 nitrogen and oxygen atoms in total. The lowest BCUT2D eigenvalue weighted by Gasteiger charge is -2.39. The zero-order valence-corrected chi connectivity index (χ0v) is 22.9. The summed E-state index contributed by atoms with van der Waals surface area (Å²) >= 11 is 0. The first-order chi connectivity index (χ1) is 18.9. The summed E-state index contributed by atoms with van der Waals surface area (Å²) in [5.74, 6) is -0.909. The number of hydrogen-bond donors (Lipinski definition) is 1. The van der Waals surface area contributed by atoms with E-state index in [0.717, 1.165) is 23.0 Å². The summed E-state index contributed by atoms with van der Waals surface area (Å²) in [7, 11) is 1.62. The van der Waals surface area contributed by atoms with Gasteiger partial charge < -0.3 is 15.0 Å². The topological polar surface area (TPSA) is 69.5 Å². The van der Waals surface area contributed by atoms with E-state index in [2.05, 4.69) is 46.6 Å². The Morgan fingerprint density at radius 1 is 0.872 bits per heavy atom. The Morgan fingerprint density at radius 3 is 1.77 bits per heavy atom. The van der Waals surface area contributed by atoms with E-state index in [1.807, 2.05) is 73.3 Å². The maximum atomic E-state index is 14.3. The molecule has 5 atom stereocenters. The molecule has 39 heavy (non-hydrogen) atoms. The van der Waals surface area contributed by atoms with Crippen LogP contribution >= 0.6 is 0 Å². The molecule has 0 aliphatic carbocycles. The third-order valence-electron chi connectivity index (χ3n) is 8.54. The third-order valence-corrected chi connectivity index (χ3v) is 8.54. The number of amides is 2. The van der Waals surface area contributed by atoms with Crippen molar-refractivity contribution in [2.24, 2.45) is 17.8 Å². The Bertz CT molecular complexity index is 1200. The Morgan fingerprint density at radius 2 is 1.36 bits per heavy atom. The van der Waals surface area contributed by atoms with Crippen LogP contribution in [0.25, 0.3) is 0 Å². The summed E-state index contributed by atoms with van der Waals surface area (Å²) in [6.45, 7) is 5.02. The van der Waals surface area contributed by atoms with Crippen molar-refractivity contribution < 1.29 is 14.4 Å². The van der Waals surface area contributed by atoms with Crippen molar-refractivity contribution in [2.75, 3.05) is 20.1 Å². The van der Waals surface area contributed by atoms with E-state index in [4.69, 9.17) is 0 Å². The number of rotatable bonds is 9. The summed E-state index contributed by atoms with van der Waals surface area (Å²) < 4.78 is 0. The SMILES string of the molecule is CNC(=O)C1CCN(C(=O)C2CN2C(c2ccccc2)(c2ccccc2)c2ccccc2)C1C(C=O)C(C)C. The van der Waals surface area contributed by atoms with Crippen LogP contribution in [0.1, 0.15) is 37.0 Å². The van der Waals surface area contributed by atoms with E-state index in [-0.39, 0.29) is 23.8 Å². The van der Waals surface area contributed by atoms with Crippen LogP contribution in [0.15, 0.2) is 91.0 Å². The first-order valence-electron chi connectivity index (χ1n) is 13.9. The second-order valence-corrected chi connectivity index (χ2v) is 11.0. The van der Waals surface area contributed by atoms with E-state index in [9.17, 15) is 14.4 Å². The molecule has 2 aliphatic rings. The van der Waals surface area contributed by atoms with Gasteiger partial charge in [0.15, 0.2) is 0 Å². The Hall–Kier alpha value is -3.77. The molecule has 2 heterocycles. The van der Waals surface area contributed by atoms with E-state index in [1.165, 1.54) is 0 Å². The van der Waals surface area contributed by atoms with E-state index in [0.29, 0.717) is 19.5 Å². The largest absolute Gasteiger partial charge is 0.359 e. The molecule has 3 aromatic rings. The lowest BCUT2D eigenvalue weighted by atomic mass is 9.76. The molecule has 0 aromatic heterocycles. The Labute approximate surface area is 231 Å². The Balaban J connectivity index is 1.57. The van der Waals surface area contributed by atoms with Crippen LogP contribution in [0.2, 0.25) is 0 Å². The molecule has 2 aliphatic heterocycles. The van der Waals surface area contributed by atoms with Gasteiger partial charge in [-0.1, -0.05) is 105 Å². The average Bonchev–Trinajstić information content (AvgIpc) is 3.66. The summed E-state index contributed by atoms with van der Waals surface area (Å²) in [4.78, 5) is 43.5. The van der Waals surface area contributed by atoms with Crippen molar-refractivity contribution >= 4 is 18.1 Å². The monoisotopic (exact) mass is 523 g/mol. The van der Waals surface area contributed by atoms with Crippen molar-refractivity contribution in [3.63, 3.8) is 0 Å². The maximum Gasteiger partial charge on any atom is 0.241 e. The number of likely N-dealkylation sites (tertiary alicyclic amines) is 1. The highest BCUT2D eigenvalue weighted by Crippen LogP contribution is 2.49. The van der Waals surface area contributed by atoms with Gasteiger partial charge in [0.05, 0.1) is 17.5 Å².